The number of fused-ring (bicyclic) bond motifs is 1. The van der Waals surface area contributed by atoms with Gasteiger partial charge in [-0.1, -0.05) is 12.8 Å². The van der Waals surface area contributed by atoms with Gasteiger partial charge in [0.15, 0.2) is 0 Å². The standard InChI is InChI=1S/C12H19N3OS/c1-9-13-11(17-14-9)15-6-10-4-2-3-5-12(10,7-15)8-16/h10,16H,2-8H2,1H3. The maximum atomic E-state index is 9.76. The van der Waals surface area contributed by atoms with Crippen LogP contribution in [0.25, 0.3) is 0 Å². The first kappa shape index (κ1) is 11.4. The molecule has 0 spiro atoms. The lowest BCUT2D eigenvalue weighted by molar-refractivity contribution is 0.0627. The fourth-order valence-electron chi connectivity index (χ4n) is 3.40. The summed E-state index contributed by atoms with van der Waals surface area (Å²) < 4.78 is 4.25. The van der Waals surface area contributed by atoms with E-state index in [-0.39, 0.29) is 5.41 Å². The Morgan fingerprint density at radius 2 is 2.41 bits per heavy atom. The Morgan fingerprint density at radius 3 is 3.06 bits per heavy atom. The lowest BCUT2D eigenvalue weighted by Crippen LogP contribution is -2.36. The average molecular weight is 253 g/mol. The quantitative estimate of drug-likeness (QED) is 0.873. The summed E-state index contributed by atoms with van der Waals surface area (Å²) in [5, 5.41) is 10.8. The molecule has 0 bridgehead atoms. The van der Waals surface area contributed by atoms with Gasteiger partial charge in [0.25, 0.3) is 0 Å². The molecule has 2 unspecified atom stereocenters. The Bertz CT molecular complexity index is 408. The summed E-state index contributed by atoms with van der Waals surface area (Å²) in [6, 6.07) is 0. The van der Waals surface area contributed by atoms with Crippen molar-refractivity contribution in [2.45, 2.75) is 32.6 Å². The first-order valence-electron chi connectivity index (χ1n) is 6.40. The van der Waals surface area contributed by atoms with Crippen LogP contribution in [0.2, 0.25) is 0 Å². The summed E-state index contributed by atoms with van der Waals surface area (Å²) in [5.41, 5.74) is 0.137. The Balaban J connectivity index is 1.83. The first-order valence-corrected chi connectivity index (χ1v) is 7.17. The van der Waals surface area contributed by atoms with Crippen molar-refractivity contribution in [2.24, 2.45) is 11.3 Å². The van der Waals surface area contributed by atoms with E-state index in [9.17, 15) is 5.11 Å². The summed E-state index contributed by atoms with van der Waals surface area (Å²) >= 11 is 1.48. The fraction of sp³-hybridized carbons (Fsp3) is 0.833. The maximum Gasteiger partial charge on any atom is 0.205 e. The Hall–Kier alpha value is -0.680. The molecule has 2 fully saturated rings. The highest BCUT2D eigenvalue weighted by molar-refractivity contribution is 7.09. The van der Waals surface area contributed by atoms with Crippen molar-refractivity contribution in [3.8, 4) is 0 Å². The molecule has 4 nitrogen and oxygen atoms in total. The van der Waals surface area contributed by atoms with E-state index in [2.05, 4.69) is 14.3 Å². The third-order valence-electron chi connectivity index (χ3n) is 4.39. The largest absolute Gasteiger partial charge is 0.396 e. The fourth-order valence-corrected chi connectivity index (χ4v) is 4.08. The average Bonchev–Trinajstić information content (AvgIpc) is 2.92. The van der Waals surface area contributed by atoms with E-state index in [0.717, 1.165) is 24.0 Å². The second-order valence-corrected chi connectivity index (χ2v) is 6.20. The summed E-state index contributed by atoms with van der Waals surface area (Å²) in [4.78, 5) is 6.80. The number of aromatic nitrogens is 2. The normalized spacial score (nSPS) is 32.8. The van der Waals surface area contributed by atoms with Crippen molar-refractivity contribution in [1.82, 2.24) is 9.36 Å². The highest BCUT2D eigenvalue weighted by Gasteiger charge is 2.47. The molecular formula is C12H19N3OS. The van der Waals surface area contributed by atoms with Crippen molar-refractivity contribution in [3.05, 3.63) is 5.82 Å². The lowest BCUT2D eigenvalue weighted by Gasteiger charge is -2.36. The zero-order valence-corrected chi connectivity index (χ0v) is 11.0. The van der Waals surface area contributed by atoms with E-state index in [1.54, 1.807) is 0 Å². The molecular weight excluding hydrogens is 234 g/mol. The van der Waals surface area contributed by atoms with Gasteiger partial charge in [0.2, 0.25) is 5.13 Å². The molecule has 1 aromatic rings. The number of aryl methyl sites for hydroxylation is 1. The molecule has 2 heterocycles. The van der Waals surface area contributed by atoms with Crippen molar-refractivity contribution >= 4 is 16.7 Å². The molecule has 1 aliphatic heterocycles. The van der Waals surface area contributed by atoms with E-state index in [0.29, 0.717) is 12.5 Å². The van der Waals surface area contributed by atoms with Gasteiger partial charge >= 0.3 is 0 Å². The molecule has 3 rings (SSSR count). The molecule has 1 aromatic heterocycles. The predicted molar refractivity (Wildman–Crippen MR) is 68.3 cm³/mol. The maximum absolute atomic E-state index is 9.76. The van der Waals surface area contributed by atoms with E-state index in [1.165, 1.54) is 37.2 Å². The Morgan fingerprint density at radius 1 is 1.53 bits per heavy atom. The molecule has 94 valence electrons. The van der Waals surface area contributed by atoms with E-state index in [4.69, 9.17) is 0 Å². The van der Waals surface area contributed by atoms with Crippen LogP contribution in [0.4, 0.5) is 5.13 Å². The second kappa shape index (κ2) is 4.21. The predicted octanol–water partition coefficient (Wildman–Crippen LogP) is 1.84. The second-order valence-electron chi connectivity index (χ2n) is 5.47. The van der Waals surface area contributed by atoms with Crippen LogP contribution in [-0.2, 0) is 0 Å². The molecule has 1 N–H and O–H groups in total. The van der Waals surface area contributed by atoms with Crippen LogP contribution < -0.4 is 4.90 Å². The lowest BCUT2D eigenvalue weighted by atomic mass is 9.69. The van der Waals surface area contributed by atoms with E-state index >= 15 is 0 Å². The number of hydrogen-bond acceptors (Lipinski definition) is 5. The topological polar surface area (TPSA) is 49.2 Å². The minimum atomic E-state index is 0.137. The summed E-state index contributed by atoms with van der Waals surface area (Å²) in [5.74, 6) is 1.50. The molecule has 1 saturated heterocycles. The summed E-state index contributed by atoms with van der Waals surface area (Å²) in [6.07, 6.45) is 5.01. The van der Waals surface area contributed by atoms with Crippen molar-refractivity contribution in [1.29, 1.82) is 0 Å². The van der Waals surface area contributed by atoms with E-state index < -0.39 is 0 Å². The SMILES string of the molecule is Cc1nsc(N2CC3CCCCC3(CO)C2)n1. The molecule has 5 heteroatoms. The van der Waals surface area contributed by atoms with Crippen molar-refractivity contribution in [2.75, 3.05) is 24.6 Å². The van der Waals surface area contributed by atoms with Crippen LogP contribution in [0.5, 0.6) is 0 Å². The zero-order valence-electron chi connectivity index (χ0n) is 10.2. The molecule has 2 aliphatic rings. The van der Waals surface area contributed by atoms with Gasteiger partial charge in [-0.2, -0.15) is 4.37 Å². The van der Waals surface area contributed by atoms with Crippen molar-refractivity contribution in [3.63, 3.8) is 0 Å². The molecule has 1 saturated carbocycles. The monoisotopic (exact) mass is 253 g/mol. The molecule has 0 aromatic carbocycles. The van der Waals surface area contributed by atoms with Gasteiger partial charge in [-0.3, -0.25) is 0 Å². The van der Waals surface area contributed by atoms with Gasteiger partial charge in [-0.05, 0) is 25.7 Å². The van der Waals surface area contributed by atoms with Crippen LogP contribution in [0, 0.1) is 18.3 Å². The molecule has 0 amide bonds. The highest BCUT2D eigenvalue weighted by atomic mass is 32.1. The zero-order chi connectivity index (χ0) is 11.9. The summed E-state index contributed by atoms with van der Waals surface area (Å²) in [6.45, 7) is 4.27. The third-order valence-corrected chi connectivity index (χ3v) is 5.26. The van der Waals surface area contributed by atoms with Crippen LogP contribution in [0.15, 0.2) is 0 Å². The minimum absolute atomic E-state index is 0.137. The van der Waals surface area contributed by atoms with Gasteiger partial charge in [0.05, 0.1) is 6.61 Å². The number of rotatable bonds is 2. The van der Waals surface area contributed by atoms with Gasteiger partial charge in [0.1, 0.15) is 5.82 Å². The van der Waals surface area contributed by atoms with Crippen LogP contribution in [0.3, 0.4) is 0 Å². The molecule has 1 aliphatic carbocycles. The van der Waals surface area contributed by atoms with Gasteiger partial charge in [0, 0.05) is 30.0 Å². The van der Waals surface area contributed by atoms with Gasteiger partial charge in [-0.25, -0.2) is 4.98 Å². The third kappa shape index (κ3) is 1.85. The number of hydrogen-bond donors (Lipinski definition) is 1. The van der Waals surface area contributed by atoms with Gasteiger partial charge in [-0.15, -0.1) is 0 Å². The number of aliphatic hydroxyl groups is 1. The number of nitrogens with zero attached hydrogens (tertiary/aromatic N) is 3. The smallest absolute Gasteiger partial charge is 0.205 e. The number of anilines is 1. The van der Waals surface area contributed by atoms with Crippen LogP contribution >= 0.6 is 11.5 Å². The number of aliphatic hydroxyl groups excluding tert-OH is 1. The summed E-state index contributed by atoms with van der Waals surface area (Å²) in [7, 11) is 0. The molecule has 17 heavy (non-hydrogen) atoms. The Labute approximate surface area is 106 Å². The minimum Gasteiger partial charge on any atom is -0.396 e. The van der Waals surface area contributed by atoms with Gasteiger partial charge < -0.3 is 10.0 Å². The molecule has 2 atom stereocenters. The molecule has 0 radical (unpaired) electrons. The Kier molecular flexibility index (Phi) is 2.83. The van der Waals surface area contributed by atoms with Crippen LogP contribution in [0.1, 0.15) is 31.5 Å². The van der Waals surface area contributed by atoms with Crippen LogP contribution in [-0.4, -0.2) is 34.2 Å². The first-order chi connectivity index (χ1) is 8.23. The highest BCUT2D eigenvalue weighted by Crippen LogP contribution is 2.47. The van der Waals surface area contributed by atoms with Crippen molar-refractivity contribution < 1.29 is 5.11 Å². The van der Waals surface area contributed by atoms with E-state index in [1.807, 2.05) is 6.92 Å².